The van der Waals surface area contributed by atoms with Gasteiger partial charge in [-0.25, -0.2) is 23.7 Å². The van der Waals surface area contributed by atoms with Gasteiger partial charge in [-0.15, -0.1) is 0 Å². The van der Waals surface area contributed by atoms with Gasteiger partial charge in [-0.2, -0.15) is 10.2 Å². The smallest absolute Gasteiger partial charge is 0.350 e. The summed E-state index contributed by atoms with van der Waals surface area (Å²) < 4.78 is 23.3. The number of aromatic nitrogens is 6. The van der Waals surface area contributed by atoms with Crippen LogP contribution in [0.3, 0.4) is 0 Å². The lowest BCUT2D eigenvalue weighted by Gasteiger charge is -2.37. The molecular weight excluding hydrogens is 683 g/mol. The summed E-state index contributed by atoms with van der Waals surface area (Å²) in [5.41, 5.74) is 3.33. The molecule has 1 N–H and O–H groups in total. The molecule has 2 saturated heterocycles. The summed E-state index contributed by atoms with van der Waals surface area (Å²) in [4.78, 5) is 21.6. The zero-order chi connectivity index (χ0) is 34.8. The second-order valence-electron chi connectivity index (χ2n) is 12.5. The van der Waals surface area contributed by atoms with Gasteiger partial charge in [0, 0.05) is 48.1 Å². The molecule has 5 aromatic rings. The largest absolute Gasteiger partial charge is 0.491 e. The van der Waals surface area contributed by atoms with Crippen molar-refractivity contribution < 1.29 is 19.3 Å². The number of aliphatic hydroxyl groups is 1. The van der Waals surface area contributed by atoms with E-state index in [-0.39, 0.29) is 18.3 Å². The van der Waals surface area contributed by atoms with Gasteiger partial charge in [-0.3, -0.25) is 0 Å². The van der Waals surface area contributed by atoms with Crippen LogP contribution in [0.1, 0.15) is 25.5 Å². The van der Waals surface area contributed by atoms with Crippen LogP contribution in [0.5, 0.6) is 5.75 Å². The summed E-state index contributed by atoms with van der Waals surface area (Å²) in [5, 5.41) is 19.2. The van der Waals surface area contributed by atoms with Crippen LogP contribution in [0.2, 0.25) is 10.0 Å². The average Bonchev–Trinajstić information content (AvgIpc) is 3.88. The van der Waals surface area contributed by atoms with Gasteiger partial charge in [0.1, 0.15) is 44.0 Å². The zero-order valence-corrected chi connectivity index (χ0v) is 29.2. The molecule has 0 radical (unpaired) electrons. The third kappa shape index (κ3) is 7.10. The fourth-order valence-electron chi connectivity index (χ4n) is 6.25. The molecule has 2 aliphatic rings. The van der Waals surface area contributed by atoms with Gasteiger partial charge in [-0.05, 0) is 74.5 Å². The van der Waals surface area contributed by atoms with Crippen LogP contribution in [0.25, 0.3) is 5.69 Å². The molecule has 13 nitrogen and oxygen atoms in total. The Labute approximate surface area is 299 Å². The third-order valence-electron chi connectivity index (χ3n) is 9.23. The maximum Gasteiger partial charge on any atom is 0.350 e. The summed E-state index contributed by atoms with van der Waals surface area (Å²) in [6.07, 6.45) is 3.53. The Kier molecular flexibility index (Phi) is 9.84. The molecule has 7 rings (SSSR count). The van der Waals surface area contributed by atoms with Gasteiger partial charge < -0.3 is 29.1 Å². The van der Waals surface area contributed by atoms with E-state index >= 15 is 0 Å². The minimum Gasteiger partial charge on any atom is -0.491 e. The minimum absolute atomic E-state index is 0.261. The van der Waals surface area contributed by atoms with E-state index in [2.05, 4.69) is 37.1 Å². The molecule has 2 aromatic heterocycles. The Morgan fingerprint density at radius 1 is 0.920 bits per heavy atom. The first kappa shape index (κ1) is 34.1. The summed E-state index contributed by atoms with van der Waals surface area (Å²) in [5.74, 6) is -0.432. The van der Waals surface area contributed by atoms with Crippen LogP contribution in [0.15, 0.2) is 90.5 Å². The third-order valence-corrected chi connectivity index (χ3v) is 9.77. The van der Waals surface area contributed by atoms with Crippen LogP contribution < -0.4 is 20.2 Å². The fraction of sp³-hybridized carbons (Fsp3) is 0.371. The molecule has 50 heavy (non-hydrogen) atoms. The number of aliphatic hydroxyl groups excluding tert-OH is 1. The van der Waals surface area contributed by atoms with E-state index in [1.807, 2.05) is 42.5 Å². The molecule has 0 saturated carbocycles. The first-order chi connectivity index (χ1) is 24.2. The molecule has 4 heterocycles. The molecule has 0 amide bonds. The van der Waals surface area contributed by atoms with Gasteiger partial charge >= 0.3 is 5.69 Å². The van der Waals surface area contributed by atoms with Crippen molar-refractivity contribution in [2.45, 2.75) is 44.4 Å². The standard InChI is InChI=1S/C35H38Cl2N8O5/c1-24(25(2)46)45-34(47)44(23-40-45)29-6-4-27(5-7-29)41-13-15-42(16-14-41)28-8-10-30(11-9-28)48-18-31-19-49-35(50-31,20-43-22-38-21-39-43)32-12-3-26(36)17-33(32)37/h3-12,17,21-25,31,46H,13-16,18-20H2,1-2H3/t24?,25-,31-,35-/m0/s1. The SMILES string of the molecule is CC([C@H](C)O)n1ncn(-c2ccc(N3CCN(c4ccc(OC[C@H]5CO[C@](Cn6cncn6)(c6ccc(Cl)cc6Cl)O5)cc4)CC3)cc2)c1=O. The van der Waals surface area contributed by atoms with Crippen molar-refractivity contribution in [3.05, 3.63) is 112 Å². The van der Waals surface area contributed by atoms with Crippen LogP contribution in [0.4, 0.5) is 11.4 Å². The van der Waals surface area contributed by atoms with Gasteiger partial charge in [0.05, 0.1) is 29.5 Å². The highest BCUT2D eigenvalue weighted by atomic mass is 35.5. The monoisotopic (exact) mass is 720 g/mol. The Morgan fingerprint density at radius 3 is 2.20 bits per heavy atom. The number of ether oxygens (including phenoxy) is 3. The van der Waals surface area contributed by atoms with Crippen molar-refractivity contribution in [1.82, 2.24) is 29.1 Å². The molecule has 15 heteroatoms. The predicted molar refractivity (Wildman–Crippen MR) is 190 cm³/mol. The minimum atomic E-state index is -1.17. The molecule has 262 valence electrons. The normalized spacial score (nSPS) is 20.6. The zero-order valence-electron chi connectivity index (χ0n) is 27.7. The summed E-state index contributed by atoms with van der Waals surface area (Å²) in [7, 11) is 0. The highest BCUT2D eigenvalue weighted by Gasteiger charge is 2.45. The first-order valence-corrected chi connectivity index (χ1v) is 17.2. The number of rotatable bonds is 11. The maximum absolute atomic E-state index is 12.8. The van der Waals surface area contributed by atoms with Crippen LogP contribution in [-0.2, 0) is 21.8 Å². The molecule has 2 fully saturated rings. The van der Waals surface area contributed by atoms with Crippen molar-refractivity contribution in [2.24, 2.45) is 0 Å². The number of hydrogen-bond acceptors (Lipinski definition) is 10. The number of piperazine rings is 1. The van der Waals surface area contributed by atoms with Gasteiger partial charge in [0.2, 0.25) is 5.79 Å². The predicted octanol–water partition coefficient (Wildman–Crippen LogP) is 4.55. The Morgan fingerprint density at radius 2 is 1.58 bits per heavy atom. The van der Waals surface area contributed by atoms with Crippen molar-refractivity contribution in [3.8, 4) is 11.4 Å². The number of halogens is 2. The second-order valence-corrected chi connectivity index (χ2v) is 13.4. The number of anilines is 2. The van der Waals surface area contributed by atoms with Gasteiger partial charge in [0.15, 0.2) is 0 Å². The Hall–Kier alpha value is -4.40. The molecule has 3 aromatic carbocycles. The van der Waals surface area contributed by atoms with E-state index in [0.29, 0.717) is 28.8 Å². The maximum atomic E-state index is 12.8. The Balaban J connectivity index is 0.924. The van der Waals surface area contributed by atoms with Crippen LogP contribution in [-0.4, -0.2) is 85.8 Å². The second kappa shape index (κ2) is 14.4. The molecule has 0 spiro atoms. The van der Waals surface area contributed by atoms with Crippen molar-refractivity contribution in [2.75, 3.05) is 49.2 Å². The Bertz CT molecular complexity index is 1940. The quantitative estimate of drug-likeness (QED) is 0.208. The molecular formula is C35H38Cl2N8O5. The van der Waals surface area contributed by atoms with Gasteiger partial charge in [0.25, 0.3) is 0 Å². The van der Waals surface area contributed by atoms with E-state index in [1.54, 1.807) is 37.0 Å². The highest BCUT2D eigenvalue weighted by Crippen LogP contribution is 2.40. The van der Waals surface area contributed by atoms with Gasteiger partial charge in [-0.1, -0.05) is 29.3 Å². The lowest BCUT2D eigenvalue weighted by atomic mass is 10.1. The first-order valence-electron chi connectivity index (χ1n) is 16.5. The van der Waals surface area contributed by atoms with Crippen molar-refractivity contribution in [1.29, 1.82) is 0 Å². The lowest BCUT2D eigenvalue weighted by Crippen LogP contribution is -2.46. The van der Waals surface area contributed by atoms with Crippen LogP contribution >= 0.6 is 23.2 Å². The molecule has 0 bridgehead atoms. The topological polar surface area (TPSA) is 125 Å². The fourth-order valence-corrected chi connectivity index (χ4v) is 6.80. The summed E-state index contributed by atoms with van der Waals surface area (Å²) in [6, 6.07) is 20.8. The molecule has 1 unspecified atom stereocenters. The lowest BCUT2D eigenvalue weighted by molar-refractivity contribution is -0.190. The van der Waals surface area contributed by atoms with E-state index in [1.165, 1.54) is 21.9 Å². The van der Waals surface area contributed by atoms with Crippen LogP contribution in [0, 0.1) is 0 Å². The van der Waals surface area contributed by atoms with E-state index in [9.17, 15) is 9.90 Å². The number of benzene rings is 3. The van der Waals surface area contributed by atoms with Crippen molar-refractivity contribution >= 4 is 34.6 Å². The molecule has 0 aliphatic carbocycles. The summed E-state index contributed by atoms with van der Waals surface area (Å²) in [6.45, 7) is 7.71. The highest BCUT2D eigenvalue weighted by molar-refractivity contribution is 6.35. The van der Waals surface area contributed by atoms with E-state index in [4.69, 9.17) is 37.4 Å². The average molecular weight is 722 g/mol. The van der Waals surface area contributed by atoms with Crippen molar-refractivity contribution in [3.63, 3.8) is 0 Å². The number of nitrogens with zero attached hydrogens (tertiary/aromatic N) is 8. The summed E-state index contributed by atoms with van der Waals surface area (Å²) >= 11 is 12.7. The number of hydrogen-bond donors (Lipinski definition) is 1. The van der Waals surface area contributed by atoms with E-state index in [0.717, 1.165) is 49.0 Å². The van der Waals surface area contributed by atoms with E-state index < -0.39 is 17.9 Å². The molecule has 4 atom stereocenters. The molecule has 2 aliphatic heterocycles.